The van der Waals surface area contributed by atoms with E-state index in [0.29, 0.717) is 12.2 Å². The smallest absolute Gasteiger partial charge is 0.333 e. The third-order valence-electron chi connectivity index (χ3n) is 0.750. The van der Waals surface area contributed by atoms with Crippen LogP contribution in [0.2, 0.25) is 0 Å². The maximum absolute atomic E-state index is 10.4. The Kier molecular flexibility index (Phi) is 11.8. The Morgan fingerprint density at radius 3 is 2.17 bits per heavy atom. The van der Waals surface area contributed by atoms with Crippen molar-refractivity contribution in [2.75, 3.05) is 6.61 Å². The van der Waals surface area contributed by atoms with Crippen molar-refractivity contribution < 1.29 is 9.53 Å². The van der Waals surface area contributed by atoms with Gasteiger partial charge >= 0.3 is 5.97 Å². The maximum atomic E-state index is 10.4. The lowest BCUT2D eigenvalue weighted by molar-refractivity contribution is -0.138. The number of hydrogen-bond donors (Lipinski definition) is 0. The second-order valence-electron chi connectivity index (χ2n) is 1.96. The lowest BCUT2D eigenvalue weighted by Gasteiger charge is -1.96. The third kappa shape index (κ3) is 12.0. The third-order valence-corrected chi connectivity index (χ3v) is 1.00. The van der Waals surface area contributed by atoms with Gasteiger partial charge in [0.1, 0.15) is 0 Å². The fraction of sp³-hybridized carbons (Fsp3) is 0.444. The Hall–Kier alpha value is -0.760. The summed E-state index contributed by atoms with van der Waals surface area (Å²) in [5.74, 6) is -0.312. The van der Waals surface area contributed by atoms with E-state index in [0.717, 1.165) is 0 Å². The minimum atomic E-state index is -0.312. The van der Waals surface area contributed by atoms with Crippen LogP contribution in [0.3, 0.4) is 0 Å². The van der Waals surface area contributed by atoms with E-state index in [2.05, 4.69) is 11.3 Å². The minimum absolute atomic E-state index is 0.312. The topological polar surface area (TPSA) is 26.3 Å². The highest BCUT2D eigenvalue weighted by molar-refractivity contribution is 6.25. The Bertz CT molecular complexity index is 158. The van der Waals surface area contributed by atoms with Crippen LogP contribution >= 0.6 is 11.6 Å². The highest BCUT2D eigenvalue weighted by Crippen LogP contribution is 1.89. The molecule has 0 atom stereocenters. The first-order chi connectivity index (χ1) is 5.59. The molecule has 0 aromatic rings. The number of carbonyl (C=O) groups excluding carboxylic acids is 1. The molecule has 0 unspecified atom stereocenters. The zero-order valence-electron chi connectivity index (χ0n) is 7.76. The molecule has 0 spiro atoms. The molecule has 0 saturated heterocycles. The van der Waals surface area contributed by atoms with Crippen molar-refractivity contribution in [1.82, 2.24) is 0 Å². The summed E-state index contributed by atoms with van der Waals surface area (Å²) in [5, 5.41) is 0. The van der Waals surface area contributed by atoms with Crippen molar-refractivity contribution >= 4 is 17.6 Å². The summed E-state index contributed by atoms with van der Waals surface area (Å²) in [5.41, 5.74) is 1.92. The number of halogens is 1. The first-order valence-electron chi connectivity index (χ1n) is 3.64. The molecule has 0 fully saturated rings. The molecular formula is C9H15ClO2. The first kappa shape index (κ1) is 13.8. The molecule has 0 aromatic heterocycles. The van der Waals surface area contributed by atoms with Crippen LogP contribution in [0.1, 0.15) is 20.8 Å². The van der Waals surface area contributed by atoms with Crippen LogP contribution in [0.15, 0.2) is 23.8 Å². The normalized spacial score (nSPS) is 8.67. The molecule has 12 heavy (non-hydrogen) atoms. The average Bonchev–Trinajstić information content (AvgIpc) is 2.05. The Morgan fingerprint density at radius 1 is 1.67 bits per heavy atom. The van der Waals surface area contributed by atoms with E-state index in [4.69, 9.17) is 11.6 Å². The van der Waals surface area contributed by atoms with Gasteiger partial charge in [-0.25, -0.2) is 4.79 Å². The van der Waals surface area contributed by atoms with Crippen molar-refractivity contribution in [3.05, 3.63) is 23.8 Å². The molecule has 0 amide bonds. The summed E-state index contributed by atoms with van der Waals surface area (Å²) in [7, 11) is 0. The molecule has 0 radical (unpaired) electrons. The average molecular weight is 191 g/mol. The Balaban J connectivity index is 0. The fourth-order valence-corrected chi connectivity index (χ4v) is 0.254. The van der Waals surface area contributed by atoms with Crippen LogP contribution in [0.5, 0.6) is 0 Å². The Labute approximate surface area is 78.9 Å². The van der Waals surface area contributed by atoms with E-state index in [1.807, 2.05) is 6.92 Å². The predicted octanol–water partition coefficient (Wildman–Crippen LogP) is 2.88. The summed E-state index contributed by atoms with van der Waals surface area (Å²) in [6.07, 6.45) is 1.77. The van der Waals surface area contributed by atoms with E-state index in [9.17, 15) is 4.79 Å². The highest BCUT2D eigenvalue weighted by atomic mass is 35.5. The van der Waals surface area contributed by atoms with Crippen LogP contribution in [-0.2, 0) is 9.53 Å². The van der Waals surface area contributed by atoms with Crippen LogP contribution < -0.4 is 0 Å². The zero-order chi connectivity index (χ0) is 9.98. The molecule has 0 aliphatic rings. The molecule has 3 heteroatoms. The van der Waals surface area contributed by atoms with E-state index in [1.54, 1.807) is 19.9 Å². The molecule has 0 bridgehead atoms. The fourth-order valence-electron chi connectivity index (χ4n) is 0.254. The van der Waals surface area contributed by atoms with Crippen molar-refractivity contribution in [2.24, 2.45) is 0 Å². The summed E-state index contributed by atoms with van der Waals surface area (Å²) in [4.78, 5) is 10.4. The minimum Gasteiger partial charge on any atom is -0.463 e. The Morgan fingerprint density at radius 2 is 2.08 bits per heavy atom. The van der Waals surface area contributed by atoms with E-state index in [1.165, 1.54) is 5.54 Å². The number of carbonyl (C=O) groups is 1. The van der Waals surface area contributed by atoms with Crippen molar-refractivity contribution in [3.63, 3.8) is 0 Å². The zero-order valence-corrected chi connectivity index (χ0v) is 8.52. The van der Waals surface area contributed by atoms with Crippen molar-refractivity contribution in [3.8, 4) is 0 Å². The van der Waals surface area contributed by atoms with E-state index in [-0.39, 0.29) is 5.97 Å². The lowest BCUT2D eigenvalue weighted by Crippen LogP contribution is -2.03. The second kappa shape index (κ2) is 10.2. The molecule has 0 aliphatic carbocycles. The van der Waals surface area contributed by atoms with Crippen LogP contribution in [0.4, 0.5) is 0 Å². The quantitative estimate of drug-likeness (QED) is 0.495. The van der Waals surface area contributed by atoms with Gasteiger partial charge in [0.05, 0.1) is 6.61 Å². The summed E-state index contributed by atoms with van der Waals surface area (Å²) < 4.78 is 4.56. The number of ether oxygens (including phenoxy) is 1. The van der Waals surface area contributed by atoms with Gasteiger partial charge in [0.25, 0.3) is 0 Å². The predicted molar refractivity (Wildman–Crippen MR) is 52.1 cm³/mol. The number of esters is 1. The van der Waals surface area contributed by atoms with Crippen LogP contribution in [0, 0.1) is 0 Å². The summed E-state index contributed by atoms with van der Waals surface area (Å²) >= 11 is 5.01. The van der Waals surface area contributed by atoms with Gasteiger partial charge in [0, 0.05) is 5.57 Å². The number of rotatable bonds is 2. The van der Waals surface area contributed by atoms with E-state index < -0.39 is 0 Å². The van der Waals surface area contributed by atoms with Gasteiger partial charge in [0.2, 0.25) is 0 Å². The highest BCUT2D eigenvalue weighted by Gasteiger charge is 1.98. The monoisotopic (exact) mass is 190 g/mol. The molecule has 0 rings (SSSR count). The molecule has 0 heterocycles. The molecule has 0 N–H and O–H groups in total. The number of allylic oxidation sites excluding steroid dienone is 1. The van der Waals surface area contributed by atoms with Crippen LogP contribution in [0.25, 0.3) is 0 Å². The van der Waals surface area contributed by atoms with Gasteiger partial charge in [-0.2, -0.15) is 0 Å². The molecule has 2 nitrogen and oxygen atoms in total. The largest absolute Gasteiger partial charge is 0.463 e. The number of hydrogen-bond acceptors (Lipinski definition) is 2. The van der Waals surface area contributed by atoms with Gasteiger partial charge in [-0.3, -0.25) is 0 Å². The standard InChI is InChI=1S/C6H10O2.C3H5Cl/c1-4-8-6(7)5(2)3;1-2-3-4/h2,4H2,1,3H3;2-3H,1H3. The molecule has 70 valence electrons. The summed E-state index contributed by atoms with van der Waals surface area (Å²) in [6, 6.07) is 0. The van der Waals surface area contributed by atoms with Crippen LogP contribution in [-0.4, -0.2) is 12.6 Å². The van der Waals surface area contributed by atoms with E-state index >= 15 is 0 Å². The van der Waals surface area contributed by atoms with Gasteiger partial charge in [0.15, 0.2) is 0 Å². The van der Waals surface area contributed by atoms with Gasteiger partial charge in [-0.15, -0.1) is 0 Å². The lowest BCUT2D eigenvalue weighted by atomic mass is 10.4. The van der Waals surface area contributed by atoms with Gasteiger partial charge in [-0.05, 0) is 26.3 Å². The van der Waals surface area contributed by atoms with Gasteiger partial charge < -0.3 is 4.74 Å². The molecule has 0 aromatic carbocycles. The SMILES string of the molecule is C=C(C)C(=O)OCC.CC=CCl. The van der Waals surface area contributed by atoms with Crippen molar-refractivity contribution in [1.29, 1.82) is 0 Å². The second-order valence-corrected chi connectivity index (χ2v) is 2.21. The first-order valence-corrected chi connectivity index (χ1v) is 4.07. The van der Waals surface area contributed by atoms with Gasteiger partial charge in [-0.1, -0.05) is 24.3 Å². The van der Waals surface area contributed by atoms with Crippen molar-refractivity contribution in [2.45, 2.75) is 20.8 Å². The molecular weight excluding hydrogens is 176 g/mol. The summed E-state index contributed by atoms with van der Waals surface area (Å²) in [6.45, 7) is 9.08. The maximum Gasteiger partial charge on any atom is 0.333 e. The molecule has 0 aliphatic heterocycles. The molecule has 0 saturated carbocycles.